The van der Waals surface area contributed by atoms with Gasteiger partial charge in [0.2, 0.25) is 0 Å². The fraction of sp³-hybridized carbons (Fsp3) is 0.179. The van der Waals surface area contributed by atoms with Crippen LogP contribution in [0, 0.1) is 0 Å². The molecule has 0 spiro atoms. The number of hydrogen-bond acceptors (Lipinski definition) is 4. The summed E-state index contributed by atoms with van der Waals surface area (Å²) in [5.74, 6) is 0.0132. The molecule has 4 aromatic rings. The number of nitrogens with zero attached hydrogens (tertiary/aromatic N) is 4. The van der Waals surface area contributed by atoms with Crippen LogP contribution in [-0.4, -0.2) is 58.4 Å². The van der Waals surface area contributed by atoms with Crippen LogP contribution in [0.15, 0.2) is 85.2 Å². The molecule has 5 nitrogen and oxygen atoms in total. The van der Waals surface area contributed by atoms with Crippen LogP contribution >= 0.6 is 24.0 Å². The molecular weight excluding hydrogens is 479 g/mol. The highest BCUT2D eigenvalue weighted by atomic mass is 35.5. The molecule has 0 unspecified atom stereocenters. The second kappa shape index (κ2) is 11.5. The second-order valence-electron chi connectivity index (χ2n) is 8.36. The van der Waals surface area contributed by atoms with Gasteiger partial charge in [-0.25, -0.2) is 4.98 Å². The van der Waals surface area contributed by atoms with E-state index in [-0.39, 0.29) is 18.3 Å². The lowest BCUT2D eigenvalue weighted by Crippen LogP contribution is -2.48. The lowest BCUT2D eigenvalue weighted by molar-refractivity contribution is 0.0652. The summed E-state index contributed by atoms with van der Waals surface area (Å²) in [7, 11) is 0. The monoisotopic (exact) mass is 504 g/mol. The number of amides is 1. The summed E-state index contributed by atoms with van der Waals surface area (Å²) in [6.07, 6.45) is 7.82. The summed E-state index contributed by atoms with van der Waals surface area (Å²) >= 11 is 6.27. The third-order valence-electron chi connectivity index (χ3n) is 6.09. The zero-order chi connectivity index (χ0) is 23.3. The number of benzene rings is 2. The predicted molar refractivity (Wildman–Crippen MR) is 145 cm³/mol. The zero-order valence-electron chi connectivity index (χ0n) is 19.2. The largest absolute Gasteiger partial charge is 0.336 e. The van der Waals surface area contributed by atoms with Gasteiger partial charge in [0, 0.05) is 61.1 Å². The molecule has 1 aliphatic rings. The quantitative estimate of drug-likeness (QED) is 0.342. The molecule has 1 aliphatic heterocycles. The Morgan fingerprint density at radius 1 is 0.971 bits per heavy atom. The maximum Gasteiger partial charge on any atom is 0.254 e. The zero-order valence-corrected chi connectivity index (χ0v) is 20.8. The summed E-state index contributed by atoms with van der Waals surface area (Å²) in [5.41, 5.74) is 4.19. The van der Waals surface area contributed by atoms with Gasteiger partial charge in [0.25, 0.3) is 5.91 Å². The highest BCUT2D eigenvalue weighted by Crippen LogP contribution is 2.28. The average Bonchev–Trinajstić information content (AvgIpc) is 2.89. The maximum atomic E-state index is 13.6. The van der Waals surface area contributed by atoms with Gasteiger partial charge in [-0.1, -0.05) is 54.1 Å². The number of hydrogen-bond donors (Lipinski definition) is 0. The average molecular weight is 505 g/mol. The van der Waals surface area contributed by atoms with Gasteiger partial charge in [0.1, 0.15) is 0 Å². The van der Waals surface area contributed by atoms with E-state index in [0.717, 1.165) is 41.8 Å². The topological polar surface area (TPSA) is 49.3 Å². The molecule has 2 aromatic heterocycles. The molecule has 1 fully saturated rings. The van der Waals surface area contributed by atoms with Crippen LogP contribution < -0.4 is 0 Å². The highest BCUT2D eigenvalue weighted by molar-refractivity contribution is 6.31. The van der Waals surface area contributed by atoms with E-state index in [1.54, 1.807) is 18.5 Å². The highest BCUT2D eigenvalue weighted by Gasteiger charge is 2.24. The Kier molecular flexibility index (Phi) is 8.13. The summed E-state index contributed by atoms with van der Waals surface area (Å²) in [5, 5.41) is 1.37. The van der Waals surface area contributed by atoms with E-state index >= 15 is 0 Å². The minimum atomic E-state index is 0. The normalized spacial score (nSPS) is 14.3. The molecule has 0 aliphatic carbocycles. The number of piperazine rings is 1. The summed E-state index contributed by atoms with van der Waals surface area (Å²) in [4.78, 5) is 26.9. The van der Waals surface area contributed by atoms with Crippen LogP contribution in [0.2, 0.25) is 5.02 Å². The minimum Gasteiger partial charge on any atom is -0.336 e. The number of carbonyl (C=O) groups is 1. The van der Waals surface area contributed by atoms with Crippen LogP contribution in [0.4, 0.5) is 0 Å². The van der Waals surface area contributed by atoms with Crippen molar-refractivity contribution in [3.63, 3.8) is 0 Å². The number of halogens is 2. The Hall–Kier alpha value is -3.25. The molecule has 1 amide bonds. The fourth-order valence-electron chi connectivity index (χ4n) is 4.24. The first-order valence-electron chi connectivity index (χ1n) is 11.4. The van der Waals surface area contributed by atoms with Crippen molar-refractivity contribution in [3.05, 3.63) is 101 Å². The van der Waals surface area contributed by atoms with Gasteiger partial charge < -0.3 is 4.90 Å². The van der Waals surface area contributed by atoms with Gasteiger partial charge >= 0.3 is 0 Å². The maximum absolute atomic E-state index is 13.6. The summed E-state index contributed by atoms with van der Waals surface area (Å²) < 4.78 is 0. The van der Waals surface area contributed by atoms with Crippen molar-refractivity contribution in [2.24, 2.45) is 0 Å². The standard InChI is InChI=1S/C28H25ClN4O.ClH/c29-23-10-11-26-24(18-23)25(19-27(31-26)22-9-4-12-30-20-22)28(34)33-16-14-32(15-17-33)13-5-8-21-6-2-1-3-7-21;/h1-12,18-20H,13-17H2;1H/b8-5+;. The number of rotatable bonds is 5. The Labute approximate surface area is 216 Å². The van der Waals surface area contributed by atoms with Crippen molar-refractivity contribution in [2.45, 2.75) is 0 Å². The van der Waals surface area contributed by atoms with E-state index in [4.69, 9.17) is 16.6 Å². The smallest absolute Gasteiger partial charge is 0.254 e. The van der Waals surface area contributed by atoms with E-state index in [1.165, 1.54) is 5.56 Å². The molecule has 0 saturated carbocycles. The molecule has 7 heteroatoms. The van der Waals surface area contributed by atoms with Crippen LogP contribution in [0.5, 0.6) is 0 Å². The lowest BCUT2D eigenvalue weighted by atomic mass is 10.0. The summed E-state index contributed by atoms with van der Waals surface area (Å²) in [6, 6.07) is 21.5. The number of fused-ring (bicyclic) bond motifs is 1. The van der Waals surface area contributed by atoms with E-state index in [9.17, 15) is 4.79 Å². The lowest BCUT2D eigenvalue weighted by Gasteiger charge is -2.34. The fourth-order valence-corrected chi connectivity index (χ4v) is 4.42. The first-order chi connectivity index (χ1) is 16.7. The number of pyridine rings is 2. The second-order valence-corrected chi connectivity index (χ2v) is 8.80. The van der Waals surface area contributed by atoms with E-state index in [0.29, 0.717) is 23.7 Å². The SMILES string of the molecule is Cl.O=C(c1cc(-c2cccnc2)nc2ccc(Cl)cc12)N1CCN(C/C=C/c2ccccc2)CC1. The van der Waals surface area contributed by atoms with Crippen molar-refractivity contribution in [3.8, 4) is 11.3 Å². The van der Waals surface area contributed by atoms with Gasteiger partial charge in [-0.05, 0) is 42.0 Å². The van der Waals surface area contributed by atoms with Gasteiger partial charge in [-0.2, -0.15) is 0 Å². The van der Waals surface area contributed by atoms with Crippen LogP contribution in [0.25, 0.3) is 28.2 Å². The minimum absolute atomic E-state index is 0. The van der Waals surface area contributed by atoms with Crippen molar-refractivity contribution >= 4 is 46.9 Å². The van der Waals surface area contributed by atoms with Gasteiger partial charge in [-0.3, -0.25) is 14.7 Å². The molecule has 0 bridgehead atoms. The van der Waals surface area contributed by atoms with E-state index < -0.39 is 0 Å². The Morgan fingerprint density at radius 3 is 2.51 bits per heavy atom. The van der Waals surface area contributed by atoms with Crippen molar-refractivity contribution in [1.82, 2.24) is 19.8 Å². The van der Waals surface area contributed by atoms with Gasteiger partial charge in [-0.15, -0.1) is 12.4 Å². The van der Waals surface area contributed by atoms with E-state index in [1.807, 2.05) is 53.4 Å². The summed E-state index contributed by atoms with van der Waals surface area (Å²) in [6.45, 7) is 3.92. The van der Waals surface area contributed by atoms with Crippen LogP contribution in [0.3, 0.4) is 0 Å². The molecule has 0 N–H and O–H groups in total. The molecular formula is C28H26Cl2N4O. The number of aromatic nitrogens is 2. The molecule has 5 rings (SSSR count). The van der Waals surface area contributed by atoms with Gasteiger partial charge in [0.15, 0.2) is 0 Å². The molecule has 1 saturated heterocycles. The van der Waals surface area contributed by atoms with E-state index in [2.05, 4.69) is 34.2 Å². The van der Waals surface area contributed by atoms with Crippen LogP contribution in [-0.2, 0) is 0 Å². The third-order valence-corrected chi connectivity index (χ3v) is 6.33. The molecule has 178 valence electrons. The molecule has 35 heavy (non-hydrogen) atoms. The third kappa shape index (κ3) is 5.88. The predicted octanol–water partition coefficient (Wildman–Crippen LogP) is 5.84. The first kappa shape index (κ1) is 24.9. The first-order valence-corrected chi connectivity index (χ1v) is 11.8. The molecule has 0 atom stereocenters. The number of carbonyl (C=O) groups excluding carboxylic acids is 1. The molecule has 3 heterocycles. The Morgan fingerprint density at radius 2 is 1.77 bits per heavy atom. The van der Waals surface area contributed by atoms with Crippen LogP contribution in [0.1, 0.15) is 15.9 Å². The van der Waals surface area contributed by atoms with Crippen molar-refractivity contribution in [1.29, 1.82) is 0 Å². The Bertz CT molecular complexity index is 1320. The van der Waals surface area contributed by atoms with Crippen molar-refractivity contribution in [2.75, 3.05) is 32.7 Å². The Balaban J connectivity index is 0.00000289. The van der Waals surface area contributed by atoms with Crippen molar-refractivity contribution < 1.29 is 4.79 Å². The molecule has 0 radical (unpaired) electrons. The molecule has 2 aromatic carbocycles. The van der Waals surface area contributed by atoms with Gasteiger partial charge in [0.05, 0.1) is 16.8 Å².